The summed E-state index contributed by atoms with van der Waals surface area (Å²) in [6.45, 7) is 2.94. The molecule has 0 aromatic heterocycles. The number of alkyl halides is 1. The molecule has 1 saturated heterocycles. The molecule has 0 spiro atoms. The summed E-state index contributed by atoms with van der Waals surface area (Å²) in [4.78, 5) is 11.6. The van der Waals surface area contributed by atoms with Gasteiger partial charge in [0.15, 0.2) is 5.76 Å². The molecule has 25 heavy (non-hydrogen) atoms. The Morgan fingerprint density at radius 2 is 1.64 bits per heavy atom. The van der Waals surface area contributed by atoms with Crippen LogP contribution in [0.5, 0.6) is 0 Å². The Morgan fingerprint density at radius 3 is 2.24 bits per heavy atom. The zero-order valence-corrected chi connectivity index (χ0v) is 14.0. The van der Waals surface area contributed by atoms with Gasteiger partial charge in [-0.3, -0.25) is 0 Å². The van der Waals surface area contributed by atoms with Gasteiger partial charge >= 0.3 is 6.16 Å². The third kappa shape index (κ3) is 3.72. The van der Waals surface area contributed by atoms with Gasteiger partial charge < -0.3 is 9.47 Å². The van der Waals surface area contributed by atoms with E-state index in [9.17, 15) is 9.18 Å². The van der Waals surface area contributed by atoms with Crippen molar-refractivity contribution in [1.82, 2.24) is 0 Å². The van der Waals surface area contributed by atoms with Crippen molar-refractivity contribution >= 4 is 12.2 Å². The van der Waals surface area contributed by atoms with Gasteiger partial charge in [-0.05, 0) is 43.5 Å². The van der Waals surface area contributed by atoms with Crippen molar-refractivity contribution in [3.63, 3.8) is 0 Å². The van der Waals surface area contributed by atoms with Gasteiger partial charge in [0.25, 0.3) is 5.60 Å². The zero-order valence-electron chi connectivity index (χ0n) is 14.0. The van der Waals surface area contributed by atoms with Crippen molar-refractivity contribution in [2.24, 2.45) is 0 Å². The summed E-state index contributed by atoms with van der Waals surface area (Å²) in [6, 6.07) is 15.0. The number of ether oxygens (including phenoxy) is 2. The second-order valence-electron chi connectivity index (χ2n) is 5.95. The highest BCUT2D eigenvalue weighted by Crippen LogP contribution is 2.33. The first-order valence-corrected chi connectivity index (χ1v) is 7.86. The number of cyclic esters (lactones) is 2. The molecule has 3 nitrogen and oxygen atoms in total. The van der Waals surface area contributed by atoms with Crippen molar-refractivity contribution in [3.8, 4) is 11.8 Å². The number of carbonyl (C=O) groups is 1. The minimum absolute atomic E-state index is 0.0588. The first kappa shape index (κ1) is 16.8. The van der Waals surface area contributed by atoms with Crippen molar-refractivity contribution in [3.05, 3.63) is 76.5 Å². The Labute approximate surface area is 146 Å². The molecule has 2 aromatic carbocycles. The molecule has 1 heterocycles. The van der Waals surface area contributed by atoms with Crippen LogP contribution in [0, 0.1) is 25.7 Å². The van der Waals surface area contributed by atoms with E-state index in [1.807, 2.05) is 62.4 Å². The topological polar surface area (TPSA) is 35.5 Å². The summed E-state index contributed by atoms with van der Waals surface area (Å²) < 4.78 is 24.0. The lowest BCUT2D eigenvalue weighted by Crippen LogP contribution is -2.31. The third-order valence-corrected chi connectivity index (χ3v) is 3.87. The maximum atomic E-state index is 13.8. The Kier molecular flexibility index (Phi) is 4.58. The van der Waals surface area contributed by atoms with Crippen LogP contribution in [0.2, 0.25) is 0 Å². The summed E-state index contributed by atoms with van der Waals surface area (Å²) in [5.74, 6) is 5.65. The molecule has 0 radical (unpaired) electrons. The Morgan fingerprint density at radius 1 is 1.04 bits per heavy atom. The van der Waals surface area contributed by atoms with Crippen LogP contribution in [0.25, 0.3) is 6.08 Å². The summed E-state index contributed by atoms with van der Waals surface area (Å²) in [6.07, 6.45) is 0.627. The van der Waals surface area contributed by atoms with E-state index in [0.29, 0.717) is 5.56 Å². The quantitative estimate of drug-likeness (QED) is 0.595. The number of hydrogen-bond acceptors (Lipinski definition) is 3. The number of aryl methyl sites for hydroxylation is 2. The van der Waals surface area contributed by atoms with Gasteiger partial charge in [0.1, 0.15) is 6.67 Å². The standard InChI is InChI=1S/C21H17FO3/c1-15-3-7-17(8-4-15)11-12-21(14-22)19(24-20(23)25-21)13-18-9-5-16(2)6-10-18/h3-10,13H,14H2,1-2H3/b19-13-. The fraction of sp³-hybridized carbons (Fsp3) is 0.190. The van der Waals surface area contributed by atoms with Crippen LogP contribution in [0.3, 0.4) is 0 Å². The van der Waals surface area contributed by atoms with Crippen molar-refractivity contribution in [2.45, 2.75) is 19.4 Å². The van der Waals surface area contributed by atoms with Crippen LogP contribution in [0.15, 0.2) is 54.3 Å². The number of halogens is 1. The van der Waals surface area contributed by atoms with Gasteiger partial charge in [-0.1, -0.05) is 53.4 Å². The van der Waals surface area contributed by atoms with Crippen molar-refractivity contribution in [2.75, 3.05) is 6.67 Å². The first-order chi connectivity index (χ1) is 12.0. The molecule has 0 aliphatic carbocycles. The normalized spacial score (nSPS) is 20.6. The lowest BCUT2D eigenvalue weighted by atomic mass is 10.0. The molecule has 0 amide bonds. The molecule has 4 heteroatoms. The molecule has 1 unspecified atom stereocenters. The van der Waals surface area contributed by atoms with Gasteiger partial charge in [-0.2, -0.15) is 0 Å². The SMILES string of the molecule is Cc1ccc(C#CC2(CF)OC(=O)O/C2=C\c2ccc(C)cc2)cc1. The number of hydrogen-bond donors (Lipinski definition) is 0. The largest absolute Gasteiger partial charge is 0.515 e. The monoisotopic (exact) mass is 336 g/mol. The number of benzene rings is 2. The van der Waals surface area contributed by atoms with E-state index >= 15 is 0 Å². The highest BCUT2D eigenvalue weighted by atomic mass is 19.1. The van der Waals surface area contributed by atoms with Gasteiger partial charge in [0, 0.05) is 5.56 Å². The Hall–Kier alpha value is -3.06. The van der Waals surface area contributed by atoms with Gasteiger partial charge in [0.2, 0.25) is 0 Å². The smallest absolute Gasteiger partial charge is 0.403 e. The van der Waals surface area contributed by atoms with Gasteiger partial charge in [-0.25, -0.2) is 9.18 Å². The second kappa shape index (κ2) is 6.82. The molecular weight excluding hydrogens is 319 g/mol. The van der Waals surface area contributed by atoms with E-state index in [0.717, 1.165) is 16.7 Å². The van der Waals surface area contributed by atoms with Crippen LogP contribution in [0.1, 0.15) is 22.3 Å². The molecule has 2 aromatic rings. The second-order valence-corrected chi connectivity index (χ2v) is 5.95. The number of carbonyl (C=O) groups excluding carboxylic acids is 1. The predicted molar refractivity (Wildman–Crippen MR) is 93.5 cm³/mol. The molecule has 1 fully saturated rings. The van der Waals surface area contributed by atoms with E-state index in [2.05, 4.69) is 11.8 Å². The average molecular weight is 336 g/mol. The van der Waals surface area contributed by atoms with E-state index in [-0.39, 0.29) is 5.76 Å². The summed E-state index contributed by atoms with van der Waals surface area (Å²) >= 11 is 0. The zero-order chi connectivity index (χ0) is 17.9. The van der Waals surface area contributed by atoms with E-state index < -0.39 is 18.4 Å². The summed E-state index contributed by atoms with van der Waals surface area (Å²) in [5.41, 5.74) is 1.95. The van der Waals surface area contributed by atoms with E-state index in [1.165, 1.54) is 0 Å². The predicted octanol–water partition coefficient (Wildman–Crippen LogP) is 4.57. The lowest BCUT2D eigenvalue weighted by molar-refractivity contribution is 0.0823. The van der Waals surface area contributed by atoms with Crippen molar-refractivity contribution in [1.29, 1.82) is 0 Å². The first-order valence-electron chi connectivity index (χ1n) is 7.86. The summed E-state index contributed by atoms with van der Waals surface area (Å²) in [7, 11) is 0. The van der Waals surface area contributed by atoms with Crippen LogP contribution in [-0.2, 0) is 9.47 Å². The Bertz CT molecular complexity index is 870. The molecule has 0 saturated carbocycles. The van der Waals surface area contributed by atoms with Crippen molar-refractivity contribution < 1.29 is 18.7 Å². The van der Waals surface area contributed by atoms with Gasteiger partial charge in [0.05, 0.1) is 0 Å². The maximum Gasteiger partial charge on any atom is 0.515 e. The average Bonchev–Trinajstić information content (AvgIpc) is 2.92. The highest BCUT2D eigenvalue weighted by Gasteiger charge is 2.47. The molecule has 126 valence electrons. The number of rotatable bonds is 2. The lowest BCUT2D eigenvalue weighted by Gasteiger charge is -2.15. The fourth-order valence-corrected chi connectivity index (χ4v) is 2.37. The fourth-order valence-electron chi connectivity index (χ4n) is 2.37. The van der Waals surface area contributed by atoms with E-state index in [1.54, 1.807) is 6.08 Å². The van der Waals surface area contributed by atoms with Gasteiger partial charge in [-0.15, -0.1) is 0 Å². The third-order valence-electron chi connectivity index (χ3n) is 3.87. The summed E-state index contributed by atoms with van der Waals surface area (Å²) in [5, 5.41) is 0. The van der Waals surface area contributed by atoms with E-state index in [4.69, 9.17) is 9.47 Å². The van der Waals surface area contributed by atoms with Crippen LogP contribution in [0.4, 0.5) is 9.18 Å². The van der Waals surface area contributed by atoms with Crippen LogP contribution < -0.4 is 0 Å². The molecule has 0 N–H and O–H groups in total. The maximum absolute atomic E-state index is 13.8. The molecule has 1 aliphatic heterocycles. The minimum atomic E-state index is -1.72. The Balaban J connectivity index is 1.98. The highest BCUT2D eigenvalue weighted by molar-refractivity contribution is 5.72. The molecule has 3 rings (SSSR count). The molecule has 0 bridgehead atoms. The molecule has 1 aliphatic rings. The van der Waals surface area contributed by atoms with Crippen LogP contribution in [-0.4, -0.2) is 18.4 Å². The molecular formula is C21H17FO3. The van der Waals surface area contributed by atoms with Crippen LogP contribution >= 0.6 is 0 Å². The minimum Gasteiger partial charge on any atom is -0.403 e. The molecule has 1 atom stereocenters.